The van der Waals surface area contributed by atoms with Crippen molar-refractivity contribution >= 4 is 17.3 Å². The van der Waals surface area contributed by atoms with E-state index < -0.39 is 5.54 Å². The van der Waals surface area contributed by atoms with E-state index >= 15 is 0 Å². The van der Waals surface area contributed by atoms with E-state index in [4.69, 9.17) is 12.2 Å². The van der Waals surface area contributed by atoms with E-state index in [9.17, 15) is 0 Å². The quantitative estimate of drug-likeness (QED) is 0.412. The molecular formula is C26H30N2S. The average molecular weight is 403 g/mol. The summed E-state index contributed by atoms with van der Waals surface area (Å²) in [4.78, 5) is 0. The van der Waals surface area contributed by atoms with Crippen molar-refractivity contribution in [2.75, 3.05) is 0 Å². The largest absolute Gasteiger partial charge is 0.360 e. The Morgan fingerprint density at radius 2 is 1.03 bits per heavy atom. The van der Waals surface area contributed by atoms with Gasteiger partial charge in [-0.3, -0.25) is 0 Å². The van der Waals surface area contributed by atoms with Gasteiger partial charge in [0.1, 0.15) is 5.54 Å². The summed E-state index contributed by atoms with van der Waals surface area (Å²) in [6.45, 7) is 8.81. The van der Waals surface area contributed by atoms with Crippen molar-refractivity contribution in [3.8, 4) is 0 Å². The lowest BCUT2D eigenvalue weighted by Crippen LogP contribution is -2.54. The van der Waals surface area contributed by atoms with Crippen molar-refractivity contribution in [1.29, 1.82) is 0 Å². The predicted molar refractivity (Wildman–Crippen MR) is 127 cm³/mol. The molecule has 0 heterocycles. The fourth-order valence-electron chi connectivity index (χ4n) is 3.40. The van der Waals surface area contributed by atoms with E-state index in [0.29, 0.717) is 5.11 Å². The standard InChI is InChI=1S/C26H30N2S/c1-20(25(2,3)4)27-24(29)28-26(21-14-8-5-9-15-21,22-16-10-6-11-17-22)23-18-12-7-13-19-23/h5-20H,1-4H3,(H2,27,28,29)/t20-/m1/s1. The second kappa shape index (κ2) is 8.79. The molecule has 0 aliphatic rings. The molecule has 0 spiro atoms. The van der Waals surface area contributed by atoms with Gasteiger partial charge in [0.05, 0.1) is 0 Å². The maximum Gasteiger partial charge on any atom is 0.167 e. The molecule has 0 bridgehead atoms. The highest BCUT2D eigenvalue weighted by atomic mass is 32.1. The smallest absolute Gasteiger partial charge is 0.167 e. The second-order valence-electron chi connectivity index (χ2n) is 8.53. The van der Waals surface area contributed by atoms with Crippen LogP contribution in [0.1, 0.15) is 44.4 Å². The zero-order valence-corrected chi connectivity index (χ0v) is 18.5. The molecule has 0 radical (unpaired) electrons. The summed E-state index contributed by atoms with van der Waals surface area (Å²) in [7, 11) is 0. The van der Waals surface area contributed by atoms with Crippen LogP contribution >= 0.6 is 12.2 Å². The molecule has 0 saturated carbocycles. The van der Waals surface area contributed by atoms with Crippen LogP contribution in [0.15, 0.2) is 91.0 Å². The summed E-state index contributed by atoms with van der Waals surface area (Å²) in [5, 5.41) is 7.85. The number of nitrogens with one attached hydrogen (secondary N) is 2. The summed E-state index contributed by atoms with van der Waals surface area (Å²) < 4.78 is 0. The number of thiocarbonyl (C=S) groups is 1. The molecule has 0 aliphatic carbocycles. The molecule has 0 amide bonds. The van der Waals surface area contributed by atoms with Crippen molar-refractivity contribution < 1.29 is 0 Å². The van der Waals surface area contributed by atoms with E-state index in [1.54, 1.807) is 0 Å². The summed E-state index contributed by atoms with van der Waals surface area (Å²) >= 11 is 5.83. The minimum atomic E-state index is -0.592. The molecule has 3 aromatic rings. The number of hydrogen-bond donors (Lipinski definition) is 2. The Balaban J connectivity index is 2.14. The van der Waals surface area contributed by atoms with Crippen LogP contribution in [0.25, 0.3) is 0 Å². The van der Waals surface area contributed by atoms with E-state index in [1.165, 1.54) is 0 Å². The SMILES string of the molecule is C[C@@H](NC(=S)NC(c1ccccc1)(c1ccccc1)c1ccccc1)C(C)(C)C. The topological polar surface area (TPSA) is 24.1 Å². The van der Waals surface area contributed by atoms with Crippen LogP contribution in [-0.2, 0) is 5.54 Å². The highest BCUT2D eigenvalue weighted by molar-refractivity contribution is 7.80. The normalized spacial score (nSPS) is 12.8. The van der Waals surface area contributed by atoms with Gasteiger partial charge in [0, 0.05) is 6.04 Å². The molecule has 1 atom stereocenters. The van der Waals surface area contributed by atoms with Crippen LogP contribution in [-0.4, -0.2) is 11.2 Å². The van der Waals surface area contributed by atoms with Gasteiger partial charge in [-0.15, -0.1) is 0 Å². The second-order valence-corrected chi connectivity index (χ2v) is 8.94. The Labute approximate surface area is 180 Å². The number of rotatable bonds is 5. The molecule has 0 aromatic heterocycles. The minimum Gasteiger partial charge on any atom is -0.360 e. The zero-order valence-electron chi connectivity index (χ0n) is 17.6. The Bertz CT molecular complexity index is 819. The highest BCUT2D eigenvalue weighted by Crippen LogP contribution is 2.36. The number of benzene rings is 3. The lowest BCUT2D eigenvalue weighted by Gasteiger charge is -2.39. The Morgan fingerprint density at radius 3 is 1.34 bits per heavy atom. The molecular weight excluding hydrogens is 372 g/mol. The van der Waals surface area contributed by atoms with Crippen molar-refractivity contribution in [2.45, 2.75) is 39.3 Å². The molecule has 2 nitrogen and oxygen atoms in total. The zero-order chi connectivity index (χ0) is 20.9. The first-order valence-electron chi connectivity index (χ1n) is 10.1. The molecule has 3 rings (SSSR count). The van der Waals surface area contributed by atoms with E-state index in [2.05, 4.69) is 111 Å². The first-order chi connectivity index (χ1) is 13.8. The van der Waals surface area contributed by atoms with Gasteiger partial charge in [-0.1, -0.05) is 112 Å². The average Bonchev–Trinajstić information content (AvgIpc) is 2.73. The maximum atomic E-state index is 5.83. The van der Waals surface area contributed by atoms with Crippen LogP contribution in [0.4, 0.5) is 0 Å². The van der Waals surface area contributed by atoms with Crippen LogP contribution in [0.2, 0.25) is 0 Å². The van der Waals surface area contributed by atoms with Crippen molar-refractivity contribution in [3.63, 3.8) is 0 Å². The summed E-state index contributed by atoms with van der Waals surface area (Å²) in [6, 6.07) is 31.7. The van der Waals surface area contributed by atoms with E-state index in [0.717, 1.165) is 16.7 Å². The molecule has 0 aliphatic heterocycles. The van der Waals surface area contributed by atoms with Gasteiger partial charge in [-0.05, 0) is 41.2 Å². The van der Waals surface area contributed by atoms with Gasteiger partial charge in [0.2, 0.25) is 0 Å². The molecule has 2 N–H and O–H groups in total. The van der Waals surface area contributed by atoms with Gasteiger partial charge >= 0.3 is 0 Å². The highest BCUT2D eigenvalue weighted by Gasteiger charge is 2.37. The first kappa shape index (κ1) is 21.1. The Kier molecular flexibility index (Phi) is 6.39. The minimum absolute atomic E-state index is 0.0979. The molecule has 0 saturated heterocycles. The van der Waals surface area contributed by atoms with Gasteiger partial charge in [0.25, 0.3) is 0 Å². The summed E-state index contributed by atoms with van der Waals surface area (Å²) in [5.41, 5.74) is 2.94. The molecule has 3 aromatic carbocycles. The van der Waals surface area contributed by atoms with Crippen molar-refractivity contribution in [1.82, 2.24) is 10.6 Å². The van der Waals surface area contributed by atoms with Crippen LogP contribution in [0.3, 0.4) is 0 Å². The summed E-state index contributed by atoms with van der Waals surface area (Å²) in [5.74, 6) is 0. The van der Waals surface area contributed by atoms with Gasteiger partial charge in [0.15, 0.2) is 5.11 Å². The fraction of sp³-hybridized carbons (Fsp3) is 0.269. The van der Waals surface area contributed by atoms with Crippen LogP contribution in [0, 0.1) is 5.41 Å². The van der Waals surface area contributed by atoms with Gasteiger partial charge < -0.3 is 10.6 Å². The molecule has 150 valence electrons. The molecule has 29 heavy (non-hydrogen) atoms. The lowest BCUT2D eigenvalue weighted by molar-refractivity contribution is 0.314. The van der Waals surface area contributed by atoms with E-state index in [1.807, 2.05) is 18.2 Å². The van der Waals surface area contributed by atoms with Crippen LogP contribution < -0.4 is 10.6 Å². The third kappa shape index (κ3) is 4.68. The fourth-order valence-corrected chi connectivity index (χ4v) is 3.73. The first-order valence-corrected chi connectivity index (χ1v) is 10.5. The molecule has 3 heteroatoms. The van der Waals surface area contributed by atoms with Crippen LogP contribution in [0.5, 0.6) is 0 Å². The predicted octanol–water partition coefficient (Wildman–Crippen LogP) is 5.88. The third-order valence-electron chi connectivity index (χ3n) is 5.57. The third-order valence-corrected chi connectivity index (χ3v) is 5.79. The summed E-state index contributed by atoms with van der Waals surface area (Å²) in [6.07, 6.45) is 0. The van der Waals surface area contributed by atoms with Gasteiger partial charge in [-0.2, -0.15) is 0 Å². The van der Waals surface area contributed by atoms with Gasteiger partial charge in [-0.25, -0.2) is 0 Å². The Hall–Kier alpha value is -2.65. The molecule has 0 fully saturated rings. The monoisotopic (exact) mass is 402 g/mol. The van der Waals surface area contributed by atoms with Crippen molar-refractivity contribution in [3.05, 3.63) is 108 Å². The van der Waals surface area contributed by atoms with E-state index in [-0.39, 0.29) is 11.5 Å². The maximum absolute atomic E-state index is 5.83. The Morgan fingerprint density at radius 1 is 0.690 bits per heavy atom. The molecule has 0 unspecified atom stereocenters. The lowest BCUT2D eigenvalue weighted by atomic mass is 9.77. The van der Waals surface area contributed by atoms with Crippen molar-refractivity contribution in [2.24, 2.45) is 5.41 Å². The number of hydrogen-bond acceptors (Lipinski definition) is 1.